The van der Waals surface area contributed by atoms with Gasteiger partial charge in [-0.25, -0.2) is 0 Å². The largest absolute Gasteiger partial charge is 0.396 e. The maximum Gasteiger partial charge on any atom is 0.228 e. The van der Waals surface area contributed by atoms with E-state index in [4.69, 9.17) is 5.11 Å². The van der Waals surface area contributed by atoms with E-state index in [9.17, 15) is 9.59 Å². The Bertz CT molecular complexity index is 471. The van der Waals surface area contributed by atoms with E-state index in [0.29, 0.717) is 13.0 Å². The lowest BCUT2D eigenvalue weighted by molar-refractivity contribution is -0.121. The first kappa shape index (κ1) is 12.6. The topological polar surface area (TPSA) is 78.4 Å². The van der Waals surface area contributed by atoms with Crippen molar-refractivity contribution in [3.63, 3.8) is 0 Å². The second-order valence-corrected chi connectivity index (χ2v) is 4.29. The minimum Gasteiger partial charge on any atom is -0.396 e. The van der Waals surface area contributed by atoms with Crippen molar-refractivity contribution in [2.45, 2.75) is 19.3 Å². The van der Waals surface area contributed by atoms with Gasteiger partial charge in [0.15, 0.2) is 0 Å². The standard InChI is InChI=1S/C13H16N2O3/c16-6-4-12(17)14-5-3-9-1-2-11-10(7-9)8-13(18)15-11/h1-2,7,16H,3-6,8H2,(H,14,17)(H,15,18). The molecule has 1 aliphatic heterocycles. The van der Waals surface area contributed by atoms with Crippen LogP contribution in [0.3, 0.4) is 0 Å². The predicted octanol–water partition coefficient (Wildman–Crippen LogP) is 0.222. The molecule has 0 spiro atoms. The van der Waals surface area contributed by atoms with Gasteiger partial charge in [-0.15, -0.1) is 0 Å². The van der Waals surface area contributed by atoms with Crippen molar-refractivity contribution in [1.82, 2.24) is 5.32 Å². The number of rotatable bonds is 5. The van der Waals surface area contributed by atoms with E-state index in [-0.39, 0.29) is 24.8 Å². The summed E-state index contributed by atoms with van der Waals surface area (Å²) >= 11 is 0. The van der Waals surface area contributed by atoms with E-state index in [1.165, 1.54) is 0 Å². The summed E-state index contributed by atoms with van der Waals surface area (Å²) in [4.78, 5) is 22.3. The molecule has 0 atom stereocenters. The molecular weight excluding hydrogens is 232 g/mol. The fourth-order valence-corrected chi connectivity index (χ4v) is 1.97. The van der Waals surface area contributed by atoms with Crippen molar-refractivity contribution in [2.75, 3.05) is 18.5 Å². The van der Waals surface area contributed by atoms with Gasteiger partial charge in [-0.1, -0.05) is 12.1 Å². The summed E-state index contributed by atoms with van der Waals surface area (Å²) in [6.07, 6.45) is 1.29. The number of carbonyl (C=O) groups excluding carboxylic acids is 2. The zero-order valence-electron chi connectivity index (χ0n) is 10.0. The van der Waals surface area contributed by atoms with Gasteiger partial charge >= 0.3 is 0 Å². The van der Waals surface area contributed by atoms with Gasteiger partial charge in [0.2, 0.25) is 11.8 Å². The molecule has 0 saturated heterocycles. The molecule has 0 aliphatic carbocycles. The molecule has 0 unspecified atom stereocenters. The van der Waals surface area contributed by atoms with Gasteiger partial charge in [0.25, 0.3) is 0 Å². The number of hydrogen-bond donors (Lipinski definition) is 3. The molecule has 96 valence electrons. The Morgan fingerprint density at radius 1 is 1.44 bits per heavy atom. The molecule has 5 heteroatoms. The molecule has 0 radical (unpaired) electrons. The van der Waals surface area contributed by atoms with Crippen molar-refractivity contribution in [2.24, 2.45) is 0 Å². The van der Waals surface area contributed by atoms with Crippen molar-refractivity contribution < 1.29 is 14.7 Å². The number of fused-ring (bicyclic) bond motifs is 1. The molecule has 5 nitrogen and oxygen atoms in total. The van der Waals surface area contributed by atoms with Crippen LogP contribution in [0.1, 0.15) is 17.5 Å². The molecule has 0 bridgehead atoms. The van der Waals surface area contributed by atoms with Crippen LogP contribution in [0.4, 0.5) is 5.69 Å². The van der Waals surface area contributed by atoms with Crippen LogP contribution in [0.5, 0.6) is 0 Å². The number of benzene rings is 1. The minimum absolute atomic E-state index is 0.0263. The first-order valence-electron chi connectivity index (χ1n) is 5.98. The van der Waals surface area contributed by atoms with Gasteiger partial charge in [0, 0.05) is 18.7 Å². The lowest BCUT2D eigenvalue weighted by Crippen LogP contribution is -2.26. The highest BCUT2D eigenvalue weighted by molar-refractivity contribution is 5.99. The zero-order valence-corrected chi connectivity index (χ0v) is 10.0. The number of nitrogens with one attached hydrogen (secondary N) is 2. The molecule has 18 heavy (non-hydrogen) atoms. The van der Waals surface area contributed by atoms with Crippen molar-refractivity contribution in [3.8, 4) is 0 Å². The summed E-state index contributed by atoms with van der Waals surface area (Å²) in [5, 5.41) is 14.1. The van der Waals surface area contributed by atoms with Crippen LogP contribution in [-0.2, 0) is 22.4 Å². The molecule has 1 aliphatic rings. The third-order valence-corrected chi connectivity index (χ3v) is 2.87. The third kappa shape index (κ3) is 3.07. The first-order chi connectivity index (χ1) is 8.69. The SMILES string of the molecule is O=C(CCO)NCCc1ccc2c(c1)CC(=O)N2. The normalized spacial score (nSPS) is 13.1. The Balaban J connectivity index is 1.86. The van der Waals surface area contributed by atoms with E-state index >= 15 is 0 Å². The van der Waals surface area contributed by atoms with Gasteiger partial charge < -0.3 is 15.7 Å². The second kappa shape index (κ2) is 5.64. The van der Waals surface area contributed by atoms with Crippen molar-refractivity contribution in [3.05, 3.63) is 29.3 Å². The summed E-state index contributed by atoms with van der Waals surface area (Å²) in [6, 6.07) is 5.83. The van der Waals surface area contributed by atoms with Crippen LogP contribution in [-0.4, -0.2) is 30.1 Å². The highest BCUT2D eigenvalue weighted by Crippen LogP contribution is 2.23. The fourth-order valence-electron chi connectivity index (χ4n) is 1.97. The molecular formula is C13H16N2O3. The molecule has 1 aromatic rings. The molecule has 3 N–H and O–H groups in total. The first-order valence-corrected chi connectivity index (χ1v) is 5.98. The van der Waals surface area contributed by atoms with E-state index < -0.39 is 0 Å². The van der Waals surface area contributed by atoms with Gasteiger partial charge in [-0.05, 0) is 23.6 Å². The quantitative estimate of drug-likeness (QED) is 0.697. The number of aliphatic hydroxyl groups is 1. The highest BCUT2D eigenvalue weighted by atomic mass is 16.3. The highest BCUT2D eigenvalue weighted by Gasteiger charge is 2.17. The average Bonchev–Trinajstić information content (AvgIpc) is 2.69. The number of carbonyl (C=O) groups is 2. The van der Waals surface area contributed by atoms with E-state index in [1.54, 1.807) is 0 Å². The van der Waals surface area contributed by atoms with Gasteiger partial charge in [-0.3, -0.25) is 9.59 Å². The van der Waals surface area contributed by atoms with Crippen LogP contribution in [0.2, 0.25) is 0 Å². The molecule has 0 saturated carbocycles. The predicted molar refractivity (Wildman–Crippen MR) is 67.2 cm³/mol. The van der Waals surface area contributed by atoms with Crippen LogP contribution in [0, 0.1) is 0 Å². The average molecular weight is 248 g/mol. The van der Waals surface area contributed by atoms with Crippen LogP contribution < -0.4 is 10.6 Å². The summed E-state index contributed by atoms with van der Waals surface area (Å²) in [5.41, 5.74) is 2.99. The number of aliphatic hydroxyl groups excluding tert-OH is 1. The number of amides is 2. The molecule has 0 aromatic heterocycles. The molecule has 2 amide bonds. The Hall–Kier alpha value is -1.88. The monoisotopic (exact) mass is 248 g/mol. The lowest BCUT2D eigenvalue weighted by atomic mass is 10.1. The summed E-state index contributed by atoms with van der Waals surface area (Å²) < 4.78 is 0. The molecule has 2 rings (SSSR count). The Morgan fingerprint density at radius 3 is 3.06 bits per heavy atom. The van der Waals surface area contributed by atoms with Crippen molar-refractivity contribution in [1.29, 1.82) is 0 Å². The Kier molecular flexibility index (Phi) is 3.94. The van der Waals surface area contributed by atoms with E-state index in [0.717, 1.165) is 23.2 Å². The number of hydrogen-bond acceptors (Lipinski definition) is 3. The van der Waals surface area contributed by atoms with Crippen LogP contribution in [0.15, 0.2) is 18.2 Å². The minimum atomic E-state index is -0.143. The third-order valence-electron chi connectivity index (χ3n) is 2.87. The van der Waals surface area contributed by atoms with Gasteiger partial charge in [-0.2, -0.15) is 0 Å². The second-order valence-electron chi connectivity index (χ2n) is 4.29. The zero-order chi connectivity index (χ0) is 13.0. The van der Waals surface area contributed by atoms with Crippen LogP contribution in [0.25, 0.3) is 0 Å². The molecule has 1 aromatic carbocycles. The Labute approximate surface area is 105 Å². The maximum atomic E-state index is 11.2. The smallest absolute Gasteiger partial charge is 0.228 e. The van der Waals surface area contributed by atoms with Gasteiger partial charge in [0.1, 0.15) is 0 Å². The summed E-state index contributed by atoms with van der Waals surface area (Å²) in [6.45, 7) is 0.414. The van der Waals surface area contributed by atoms with Crippen LogP contribution >= 0.6 is 0 Å². The Morgan fingerprint density at radius 2 is 2.28 bits per heavy atom. The summed E-state index contributed by atoms with van der Waals surface area (Å²) in [7, 11) is 0. The fraction of sp³-hybridized carbons (Fsp3) is 0.385. The van der Waals surface area contributed by atoms with Gasteiger partial charge in [0.05, 0.1) is 13.0 Å². The summed E-state index contributed by atoms with van der Waals surface area (Å²) in [5.74, 6) is -0.117. The number of anilines is 1. The maximum absolute atomic E-state index is 11.2. The van der Waals surface area contributed by atoms with E-state index in [2.05, 4.69) is 10.6 Å². The lowest BCUT2D eigenvalue weighted by Gasteiger charge is -2.06. The molecule has 0 fully saturated rings. The van der Waals surface area contributed by atoms with Crippen molar-refractivity contribution >= 4 is 17.5 Å². The molecule has 1 heterocycles. The van der Waals surface area contributed by atoms with E-state index in [1.807, 2.05) is 18.2 Å².